The molecule has 0 unspecified atom stereocenters. The number of nitrogens with zero attached hydrogens (tertiary/aromatic N) is 1. The fourth-order valence-corrected chi connectivity index (χ4v) is 2.59. The van der Waals surface area contributed by atoms with E-state index < -0.39 is 0 Å². The first-order valence-electron chi connectivity index (χ1n) is 7.11. The summed E-state index contributed by atoms with van der Waals surface area (Å²) in [5, 5.41) is 0. The summed E-state index contributed by atoms with van der Waals surface area (Å²) >= 11 is 0. The topological polar surface area (TPSA) is 55.6 Å². The molecular formula is C16H24N2O2. The molecule has 1 aromatic carbocycles. The highest BCUT2D eigenvalue weighted by Gasteiger charge is 2.27. The third-order valence-electron chi connectivity index (χ3n) is 4.09. The standard InChI is InChI=1S/C16H24N2O2/c1-16(2)7-6-15(19)18(9-8-16)11-12-10-13(17)4-5-14(12)20-3/h4-5,10H,6-9,11,17H2,1-3H3. The molecule has 1 aliphatic heterocycles. The van der Waals surface area contributed by atoms with Crippen LogP contribution in [0.5, 0.6) is 5.75 Å². The highest BCUT2D eigenvalue weighted by molar-refractivity contribution is 5.76. The second-order valence-corrected chi connectivity index (χ2v) is 6.30. The molecule has 20 heavy (non-hydrogen) atoms. The minimum Gasteiger partial charge on any atom is -0.496 e. The zero-order chi connectivity index (χ0) is 14.8. The third-order valence-corrected chi connectivity index (χ3v) is 4.09. The summed E-state index contributed by atoms with van der Waals surface area (Å²) in [6, 6.07) is 5.56. The lowest BCUT2D eigenvalue weighted by molar-refractivity contribution is -0.131. The van der Waals surface area contributed by atoms with Crippen LogP contribution in [-0.2, 0) is 11.3 Å². The Kier molecular flexibility index (Phi) is 4.21. The fraction of sp³-hybridized carbons (Fsp3) is 0.562. The molecule has 1 saturated heterocycles. The van der Waals surface area contributed by atoms with E-state index in [1.54, 1.807) is 7.11 Å². The molecule has 0 radical (unpaired) electrons. The smallest absolute Gasteiger partial charge is 0.222 e. The molecule has 0 saturated carbocycles. The Bertz CT molecular complexity index is 497. The first-order valence-corrected chi connectivity index (χ1v) is 7.11. The van der Waals surface area contributed by atoms with E-state index in [9.17, 15) is 4.79 Å². The SMILES string of the molecule is COc1ccc(N)cc1CN1CCC(C)(C)CCC1=O. The zero-order valence-electron chi connectivity index (χ0n) is 12.6. The predicted octanol–water partition coefficient (Wildman–Crippen LogP) is 2.82. The van der Waals surface area contributed by atoms with Crippen molar-refractivity contribution in [3.8, 4) is 5.75 Å². The monoisotopic (exact) mass is 276 g/mol. The normalized spacial score (nSPS) is 18.8. The molecule has 0 aliphatic carbocycles. The van der Waals surface area contributed by atoms with Gasteiger partial charge in [0.1, 0.15) is 5.75 Å². The molecule has 4 nitrogen and oxygen atoms in total. The van der Waals surface area contributed by atoms with Crippen LogP contribution in [0.2, 0.25) is 0 Å². The average Bonchev–Trinajstić information content (AvgIpc) is 2.52. The van der Waals surface area contributed by atoms with Crippen LogP contribution in [0.1, 0.15) is 38.7 Å². The average molecular weight is 276 g/mol. The lowest BCUT2D eigenvalue weighted by atomic mass is 9.85. The number of carbonyl (C=O) groups is 1. The van der Waals surface area contributed by atoms with Gasteiger partial charge in [-0.05, 0) is 36.5 Å². The number of nitrogen functional groups attached to an aromatic ring is 1. The van der Waals surface area contributed by atoms with Gasteiger partial charge < -0.3 is 15.4 Å². The van der Waals surface area contributed by atoms with E-state index in [1.165, 1.54) is 0 Å². The van der Waals surface area contributed by atoms with Crippen molar-refractivity contribution in [2.75, 3.05) is 19.4 Å². The maximum absolute atomic E-state index is 12.2. The number of amides is 1. The minimum absolute atomic E-state index is 0.222. The van der Waals surface area contributed by atoms with Crippen LogP contribution in [0.4, 0.5) is 5.69 Å². The number of ether oxygens (including phenoxy) is 1. The first kappa shape index (κ1) is 14.7. The Morgan fingerprint density at radius 1 is 1.35 bits per heavy atom. The molecule has 2 rings (SSSR count). The molecule has 1 fully saturated rings. The quantitative estimate of drug-likeness (QED) is 0.864. The number of anilines is 1. The molecule has 1 amide bonds. The second-order valence-electron chi connectivity index (χ2n) is 6.30. The predicted molar refractivity (Wildman–Crippen MR) is 80.5 cm³/mol. The first-order chi connectivity index (χ1) is 9.41. The molecule has 110 valence electrons. The highest BCUT2D eigenvalue weighted by Crippen LogP contribution is 2.31. The van der Waals surface area contributed by atoms with Crippen molar-refractivity contribution >= 4 is 11.6 Å². The summed E-state index contributed by atoms with van der Waals surface area (Å²) in [6.45, 7) is 5.82. The van der Waals surface area contributed by atoms with Gasteiger partial charge in [0.15, 0.2) is 0 Å². The number of likely N-dealkylation sites (tertiary alicyclic amines) is 1. The van der Waals surface area contributed by atoms with Crippen LogP contribution < -0.4 is 10.5 Å². The summed E-state index contributed by atoms with van der Waals surface area (Å²) in [5.41, 5.74) is 7.75. The molecule has 0 aromatic heterocycles. The number of carbonyl (C=O) groups excluding carboxylic acids is 1. The number of rotatable bonds is 3. The van der Waals surface area contributed by atoms with E-state index in [0.29, 0.717) is 18.7 Å². The fourth-order valence-electron chi connectivity index (χ4n) is 2.59. The summed E-state index contributed by atoms with van der Waals surface area (Å²) in [5.74, 6) is 1.01. The third kappa shape index (κ3) is 3.44. The van der Waals surface area contributed by atoms with Crippen molar-refractivity contribution in [2.45, 2.75) is 39.7 Å². The van der Waals surface area contributed by atoms with Crippen molar-refractivity contribution in [2.24, 2.45) is 5.41 Å². The van der Waals surface area contributed by atoms with E-state index in [2.05, 4.69) is 13.8 Å². The van der Waals surface area contributed by atoms with Gasteiger partial charge in [0.2, 0.25) is 5.91 Å². The number of methoxy groups -OCH3 is 1. The van der Waals surface area contributed by atoms with E-state index in [-0.39, 0.29) is 11.3 Å². The van der Waals surface area contributed by atoms with Crippen molar-refractivity contribution in [3.05, 3.63) is 23.8 Å². The summed E-state index contributed by atoms with van der Waals surface area (Å²) in [6.07, 6.45) is 2.61. The molecule has 2 N–H and O–H groups in total. The molecule has 0 atom stereocenters. The maximum Gasteiger partial charge on any atom is 0.222 e. The van der Waals surface area contributed by atoms with Crippen LogP contribution >= 0.6 is 0 Å². The summed E-state index contributed by atoms with van der Waals surface area (Å²) < 4.78 is 5.36. The number of benzene rings is 1. The van der Waals surface area contributed by atoms with E-state index in [4.69, 9.17) is 10.5 Å². The van der Waals surface area contributed by atoms with Crippen LogP contribution in [0.15, 0.2) is 18.2 Å². The van der Waals surface area contributed by atoms with Crippen molar-refractivity contribution in [3.63, 3.8) is 0 Å². The van der Waals surface area contributed by atoms with Gasteiger partial charge in [0, 0.05) is 30.8 Å². The van der Waals surface area contributed by atoms with Crippen LogP contribution in [0.25, 0.3) is 0 Å². The van der Waals surface area contributed by atoms with Gasteiger partial charge in [0.05, 0.1) is 7.11 Å². The maximum atomic E-state index is 12.2. The van der Waals surface area contributed by atoms with Gasteiger partial charge in [-0.3, -0.25) is 4.79 Å². The van der Waals surface area contributed by atoms with Gasteiger partial charge in [-0.15, -0.1) is 0 Å². The van der Waals surface area contributed by atoms with Gasteiger partial charge in [-0.1, -0.05) is 13.8 Å². The van der Waals surface area contributed by atoms with Crippen molar-refractivity contribution in [1.29, 1.82) is 0 Å². The lowest BCUT2D eigenvalue weighted by Gasteiger charge is -2.24. The Hall–Kier alpha value is -1.71. The Morgan fingerprint density at radius 2 is 2.10 bits per heavy atom. The van der Waals surface area contributed by atoms with E-state index in [0.717, 1.165) is 30.7 Å². The Balaban J connectivity index is 2.16. The zero-order valence-corrected chi connectivity index (χ0v) is 12.6. The van der Waals surface area contributed by atoms with Crippen LogP contribution in [0, 0.1) is 5.41 Å². The molecule has 4 heteroatoms. The Morgan fingerprint density at radius 3 is 2.80 bits per heavy atom. The van der Waals surface area contributed by atoms with Crippen molar-refractivity contribution < 1.29 is 9.53 Å². The molecule has 1 heterocycles. The molecule has 1 aliphatic rings. The van der Waals surface area contributed by atoms with Crippen LogP contribution in [0.3, 0.4) is 0 Å². The van der Waals surface area contributed by atoms with E-state index >= 15 is 0 Å². The van der Waals surface area contributed by atoms with Gasteiger partial charge >= 0.3 is 0 Å². The second kappa shape index (κ2) is 5.73. The largest absolute Gasteiger partial charge is 0.496 e. The number of hydrogen-bond acceptors (Lipinski definition) is 3. The highest BCUT2D eigenvalue weighted by atomic mass is 16.5. The van der Waals surface area contributed by atoms with E-state index in [1.807, 2.05) is 23.1 Å². The molecular weight excluding hydrogens is 252 g/mol. The van der Waals surface area contributed by atoms with Gasteiger partial charge in [-0.25, -0.2) is 0 Å². The number of nitrogens with two attached hydrogens (primary N) is 1. The van der Waals surface area contributed by atoms with Gasteiger partial charge in [-0.2, -0.15) is 0 Å². The Labute approximate surface area is 120 Å². The minimum atomic E-state index is 0.222. The van der Waals surface area contributed by atoms with Crippen LogP contribution in [-0.4, -0.2) is 24.5 Å². The lowest BCUT2D eigenvalue weighted by Crippen LogP contribution is -2.30. The molecule has 1 aromatic rings. The molecule has 0 spiro atoms. The van der Waals surface area contributed by atoms with Crippen molar-refractivity contribution in [1.82, 2.24) is 4.90 Å². The number of hydrogen-bond donors (Lipinski definition) is 1. The summed E-state index contributed by atoms with van der Waals surface area (Å²) in [7, 11) is 1.64. The molecule has 0 bridgehead atoms. The summed E-state index contributed by atoms with van der Waals surface area (Å²) in [4.78, 5) is 14.2. The van der Waals surface area contributed by atoms with Gasteiger partial charge in [0.25, 0.3) is 0 Å².